The van der Waals surface area contributed by atoms with Gasteiger partial charge in [0.1, 0.15) is 0 Å². The van der Waals surface area contributed by atoms with E-state index in [0.29, 0.717) is 18.1 Å². The van der Waals surface area contributed by atoms with E-state index in [4.69, 9.17) is 9.47 Å². The molecule has 2 atom stereocenters. The smallest absolute Gasteiger partial charge is 0.0643 e. The largest absolute Gasteiger partial charge is 0.378 e. The second-order valence-electron chi connectivity index (χ2n) is 3.77. The number of hydrogen-bond acceptors (Lipinski definition) is 3. The molecule has 0 spiro atoms. The maximum atomic E-state index is 5.48. The Labute approximate surface area is 73.4 Å². The van der Waals surface area contributed by atoms with Crippen LogP contribution in [0.5, 0.6) is 0 Å². The van der Waals surface area contributed by atoms with Crippen molar-refractivity contribution < 1.29 is 9.47 Å². The fourth-order valence-corrected chi connectivity index (χ4v) is 1.72. The Bertz CT molecular complexity index is 147. The molecule has 0 saturated carbocycles. The molecular formula is C9H17NO2. The van der Waals surface area contributed by atoms with Crippen molar-refractivity contribution in [2.24, 2.45) is 5.92 Å². The first-order valence-electron chi connectivity index (χ1n) is 4.79. The molecule has 0 amide bonds. The Hall–Kier alpha value is -0.120. The van der Waals surface area contributed by atoms with Crippen LogP contribution in [0, 0.1) is 5.92 Å². The van der Waals surface area contributed by atoms with Gasteiger partial charge in [-0.3, -0.25) is 0 Å². The molecule has 2 heterocycles. The topological polar surface area (TPSA) is 30.5 Å². The maximum absolute atomic E-state index is 5.48. The van der Waals surface area contributed by atoms with Crippen LogP contribution in [0.25, 0.3) is 0 Å². The van der Waals surface area contributed by atoms with Crippen LogP contribution in [0.2, 0.25) is 0 Å². The van der Waals surface area contributed by atoms with Gasteiger partial charge in [-0.15, -0.1) is 0 Å². The highest BCUT2D eigenvalue weighted by Gasteiger charge is 2.26. The molecule has 0 radical (unpaired) electrons. The Morgan fingerprint density at radius 3 is 2.75 bits per heavy atom. The van der Waals surface area contributed by atoms with Crippen molar-refractivity contribution in [2.45, 2.75) is 25.5 Å². The van der Waals surface area contributed by atoms with Gasteiger partial charge in [-0.2, -0.15) is 0 Å². The zero-order valence-electron chi connectivity index (χ0n) is 7.58. The summed E-state index contributed by atoms with van der Waals surface area (Å²) in [6.45, 7) is 5.98. The van der Waals surface area contributed by atoms with Gasteiger partial charge in [-0.1, -0.05) is 0 Å². The molecule has 0 aromatic heterocycles. The van der Waals surface area contributed by atoms with Crippen LogP contribution in [0.4, 0.5) is 0 Å². The van der Waals surface area contributed by atoms with Crippen LogP contribution in [0.15, 0.2) is 0 Å². The second kappa shape index (κ2) is 3.73. The molecule has 0 aromatic carbocycles. The first-order valence-corrected chi connectivity index (χ1v) is 4.79. The van der Waals surface area contributed by atoms with Gasteiger partial charge in [0.05, 0.1) is 25.4 Å². The van der Waals surface area contributed by atoms with E-state index in [1.807, 2.05) is 0 Å². The number of nitrogens with one attached hydrogen (secondary N) is 1. The van der Waals surface area contributed by atoms with E-state index in [2.05, 4.69) is 12.2 Å². The lowest BCUT2D eigenvalue weighted by molar-refractivity contribution is -0.00786. The monoisotopic (exact) mass is 171 g/mol. The van der Waals surface area contributed by atoms with Crippen LogP contribution < -0.4 is 5.32 Å². The number of rotatable bonds is 3. The number of ether oxygens (including phenoxy) is 2. The fourth-order valence-electron chi connectivity index (χ4n) is 1.72. The summed E-state index contributed by atoms with van der Waals surface area (Å²) in [6.07, 6.45) is 1.65. The molecule has 2 saturated heterocycles. The van der Waals surface area contributed by atoms with Gasteiger partial charge in [0.15, 0.2) is 0 Å². The van der Waals surface area contributed by atoms with Crippen LogP contribution in [0.1, 0.15) is 13.3 Å². The van der Waals surface area contributed by atoms with Crippen molar-refractivity contribution in [3.8, 4) is 0 Å². The molecule has 0 aliphatic carbocycles. The highest BCUT2D eigenvalue weighted by atomic mass is 16.5. The molecule has 2 fully saturated rings. The molecule has 1 N–H and O–H groups in total. The summed E-state index contributed by atoms with van der Waals surface area (Å²) >= 11 is 0. The van der Waals surface area contributed by atoms with E-state index >= 15 is 0 Å². The minimum Gasteiger partial charge on any atom is -0.378 e. The zero-order valence-corrected chi connectivity index (χ0v) is 7.58. The zero-order chi connectivity index (χ0) is 8.39. The molecule has 2 unspecified atom stereocenters. The lowest BCUT2D eigenvalue weighted by Gasteiger charge is -2.28. The highest BCUT2D eigenvalue weighted by Crippen LogP contribution is 2.19. The molecule has 12 heavy (non-hydrogen) atoms. The van der Waals surface area contributed by atoms with Crippen LogP contribution >= 0.6 is 0 Å². The SMILES string of the molecule is CC1OCCC1CNC1COC1. The fraction of sp³-hybridized carbons (Fsp3) is 1.00. The average Bonchev–Trinajstić information content (AvgIpc) is 2.33. The quantitative estimate of drug-likeness (QED) is 0.666. The Kier molecular flexibility index (Phi) is 2.63. The van der Waals surface area contributed by atoms with Gasteiger partial charge in [0, 0.05) is 13.2 Å². The molecule has 70 valence electrons. The summed E-state index contributed by atoms with van der Waals surface area (Å²) in [6, 6.07) is 0.609. The highest BCUT2D eigenvalue weighted by molar-refractivity contribution is 4.79. The summed E-state index contributed by atoms with van der Waals surface area (Å²) in [5.41, 5.74) is 0. The first-order chi connectivity index (χ1) is 5.86. The van der Waals surface area contributed by atoms with Crippen LogP contribution in [0.3, 0.4) is 0 Å². The van der Waals surface area contributed by atoms with Gasteiger partial charge in [-0.05, 0) is 19.3 Å². The molecular weight excluding hydrogens is 154 g/mol. The predicted molar refractivity (Wildman–Crippen MR) is 46.1 cm³/mol. The van der Waals surface area contributed by atoms with E-state index in [-0.39, 0.29) is 0 Å². The van der Waals surface area contributed by atoms with Crippen molar-refractivity contribution >= 4 is 0 Å². The van der Waals surface area contributed by atoms with Crippen LogP contribution in [-0.4, -0.2) is 38.5 Å². The Balaban J connectivity index is 1.64. The molecule has 3 heteroatoms. The third kappa shape index (κ3) is 1.79. The van der Waals surface area contributed by atoms with E-state index in [1.165, 1.54) is 6.42 Å². The van der Waals surface area contributed by atoms with E-state index in [1.54, 1.807) is 0 Å². The third-order valence-electron chi connectivity index (χ3n) is 2.84. The lowest BCUT2D eigenvalue weighted by atomic mass is 10.0. The Morgan fingerprint density at radius 1 is 1.42 bits per heavy atom. The van der Waals surface area contributed by atoms with Crippen molar-refractivity contribution in [1.82, 2.24) is 5.32 Å². The standard InChI is InChI=1S/C9H17NO2/c1-7-8(2-3-12-7)4-10-9-5-11-6-9/h7-10H,2-6H2,1H3. The normalized spacial score (nSPS) is 36.8. The van der Waals surface area contributed by atoms with Gasteiger partial charge in [0.2, 0.25) is 0 Å². The van der Waals surface area contributed by atoms with Crippen molar-refractivity contribution in [3.63, 3.8) is 0 Å². The summed E-state index contributed by atoms with van der Waals surface area (Å²) in [5, 5.41) is 3.49. The number of hydrogen-bond donors (Lipinski definition) is 1. The van der Waals surface area contributed by atoms with Crippen LogP contribution in [-0.2, 0) is 9.47 Å². The minimum absolute atomic E-state index is 0.443. The van der Waals surface area contributed by atoms with Crippen molar-refractivity contribution in [1.29, 1.82) is 0 Å². The maximum Gasteiger partial charge on any atom is 0.0643 e. The molecule has 3 nitrogen and oxygen atoms in total. The van der Waals surface area contributed by atoms with Gasteiger partial charge >= 0.3 is 0 Å². The lowest BCUT2D eigenvalue weighted by Crippen LogP contribution is -2.48. The molecule has 2 aliphatic heterocycles. The van der Waals surface area contributed by atoms with Gasteiger partial charge < -0.3 is 14.8 Å². The van der Waals surface area contributed by atoms with E-state index in [0.717, 1.165) is 26.4 Å². The Morgan fingerprint density at radius 2 is 2.25 bits per heavy atom. The molecule has 0 aromatic rings. The molecule has 2 aliphatic rings. The predicted octanol–water partition coefficient (Wildman–Crippen LogP) is 0.400. The first kappa shape index (κ1) is 8.48. The molecule has 0 bridgehead atoms. The summed E-state index contributed by atoms with van der Waals surface area (Å²) in [4.78, 5) is 0. The van der Waals surface area contributed by atoms with Crippen molar-refractivity contribution in [3.05, 3.63) is 0 Å². The van der Waals surface area contributed by atoms with E-state index in [9.17, 15) is 0 Å². The summed E-state index contributed by atoms with van der Waals surface area (Å²) in [5.74, 6) is 0.714. The van der Waals surface area contributed by atoms with Gasteiger partial charge in [0.25, 0.3) is 0 Å². The summed E-state index contributed by atoms with van der Waals surface area (Å²) < 4.78 is 10.6. The third-order valence-corrected chi connectivity index (χ3v) is 2.84. The average molecular weight is 171 g/mol. The second-order valence-corrected chi connectivity index (χ2v) is 3.77. The minimum atomic E-state index is 0.443. The van der Waals surface area contributed by atoms with E-state index < -0.39 is 0 Å². The molecule has 2 rings (SSSR count). The van der Waals surface area contributed by atoms with Gasteiger partial charge in [-0.25, -0.2) is 0 Å². The summed E-state index contributed by atoms with van der Waals surface area (Å²) in [7, 11) is 0. The van der Waals surface area contributed by atoms with Crippen molar-refractivity contribution in [2.75, 3.05) is 26.4 Å².